The molecule has 0 amide bonds. The molecule has 20 heavy (non-hydrogen) atoms. The molecule has 112 valence electrons. The monoisotopic (exact) mass is 294 g/mol. The van der Waals surface area contributed by atoms with Crippen LogP contribution in [0.15, 0.2) is 16.8 Å². The maximum atomic E-state index is 5.46. The highest BCUT2D eigenvalue weighted by Crippen LogP contribution is 2.25. The summed E-state index contributed by atoms with van der Waals surface area (Å²) in [6.07, 6.45) is 2.70. The molecule has 0 N–H and O–H groups in total. The van der Waals surface area contributed by atoms with E-state index in [-0.39, 0.29) is 0 Å². The van der Waals surface area contributed by atoms with Crippen LogP contribution in [0, 0.1) is 5.92 Å². The third-order valence-corrected chi connectivity index (χ3v) is 5.65. The Labute approximate surface area is 126 Å². The lowest BCUT2D eigenvalue weighted by Crippen LogP contribution is -2.48. The molecule has 2 fully saturated rings. The standard InChI is InChI=1S/C16H26N2OS/c1-14(18-7-9-19-10-8-18)16-2-5-17(6-3-16)12-15-4-11-20-13-15/h4,11,13-14,16H,2-3,5-10,12H2,1H3. The van der Waals surface area contributed by atoms with Crippen molar-refractivity contribution < 1.29 is 4.74 Å². The average molecular weight is 294 g/mol. The van der Waals surface area contributed by atoms with Gasteiger partial charge >= 0.3 is 0 Å². The summed E-state index contributed by atoms with van der Waals surface area (Å²) in [5.41, 5.74) is 1.48. The molecule has 2 saturated heterocycles. The van der Waals surface area contributed by atoms with E-state index in [1.165, 1.54) is 31.5 Å². The molecule has 0 spiro atoms. The molecule has 0 saturated carbocycles. The number of thiophene rings is 1. The molecule has 3 nitrogen and oxygen atoms in total. The van der Waals surface area contributed by atoms with Gasteiger partial charge in [-0.1, -0.05) is 0 Å². The molecule has 0 bridgehead atoms. The van der Waals surface area contributed by atoms with Crippen molar-refractivity contribution in [1.29, 1.82) is 0 Å². The van der Waals surface area contributed by atoms with Crippen molar-refractivity contribution in [2.45, 2.75) is 32.4 Å². The third-order valence-electron chi connectivity index (χ3n) is 4.92. The molecular weight excluding hydrogens is 268 g/mol. The number of ether oxygens (including phenoxy) is 1. The number of likely N-dealkylation sites (tertiary alicyclic amines) is 1. The van der Waals surface area contributed by atoms with Gasteiger partial charge in [0.05, 0.1) is 13.2 Å². The lowest BCUT2D eigenvalue weighted by atomic mass is 9.89. The van der Waals surface area contributed by atoms with Crippen LogP contribution in [0.4, 0.5) is 0 Å². The van der Waals surface area contributed by atoms with Crippen molar-refractivity contribution in [1.82, 2.24) is 9.80 Å². The van der Waals surface area contributed by atoms with Crippen LogP contribution in [0.25, 0.3) is 0 Å². The number of nitrogens with zero attached hydrogens (tertiary/aromatic N) is 2. The lowest BCUT2D eigenvalue weighted by Gasteiger charge is -2.41. The Hall–Kier alpha value is -0.420. The Morgan fingerprint density at radius 2 is 2.00 bits per heavy atom. The van der Waals surface area contributed by atoms with Gasteiger partial charge in [0.15, 0.2) is 0 Å². The topological polar surface area (TPSA) is 15.7 Å². The highest BCUT2D eigenvalue weighted by atomic mass is 32.1. The smallest absolute Gasteiger partial charge is 0.0594 e. The Balaban J connectivity index is 1.45. The first-order chi connectivity index (χ1) is 9.83. The van der Waals surface area contributed by atoms with E-state index in [2.05, 4.69) is 33.6 Å². The van der Waals surface area contributed by atoms with Crippen LogP contribution >= 0.6 is 11.3 Å². The molecule has 1 unspecified atom stereocenters. The van der Waals surface area contributed by atoms with E-state index >= 15 is 0 Å². The second-order valence-electron chi connectivity index (χ2n) is 6.13. The summed E-state index contributed by atoms with van der Waals surface area (Å²) in [4.78, 5) is 5.24. The first kappa shape index (κ1) is 14.5. The minimum absolute atomic E-state index is 0.724. The molecule has 1 aromatic rings. The average Bonchev–Trinajstić information content (AvgIpc) is 3.01. The van der Waals surface area contributed by atoms with Crippen LogP contribution in [0.5, 0.6) is 0 Å². The maximum Gasteiger partial charge on any atom is 0.0594 e. The molecule has 3 heterocycles. The predicted molar refractivity (Wildman–Crippen MR) is 84.2 cm³/mol. The van der Waals surface area contributed by atoms with Gasteiger partial charge in [0, 0.05) is 25.7 Å². The number of hydrogen-bond donors (Lipinski definition) is 0. The number of rotatable bonds is 4. The van der Waals surface area contributed by atoms with Gasteiger partial charge in [0.2, 0.25) is 0 Å². The zero-order chi connectivity index (χ0) is 13.8. The molecule has 3 rings (SSSR count). The van der Waals surface area contributed by atoms with Gasteiger partial charge < -0.3 is 4.74 Å². The third kappa shape index (κ3) is 3.61. The van der Waals surface area contributed by atoms with E-state index in [1.54, 1.807) is 0 Å². The fourth-order valence-electron chi connectivity index (χ4n) is 3.52. The van der Waals surface area contributed by atoms with Gasteiger partial charge in [0.25, 0.3) is 0 Å². The summed E-state index contributed by atoms with van der Waals surface area (Å²) in [5.74, 6) is 0.867. The minimum Gasteiger partial charge on any atom is -0.379 e. The van der Waals surface area contributed by atoms with Crippen molar-refractivity contribution >= 4 is 11.3 Å². The van der Waals surface area contributed by atoms with Crippen LogP contribution in [0.1, 0.15) is 25.3 Å². The fourth-order valence-corrected chi connectivity index (χ4v) is 4.18. The predicted octanol–water partition coefficient (Wildman–Crippen LogP) is 2.68. The van der Waals surface area contributed by atoms with Gasteiger partial charge in [-0.2, -0.15) is 11.3 Å². The first-order valence-electron chi connectivity index (χ1n) is 7.88. The van der Waals surface area contributed by atoms with Crippen LogP contribution < -0.4 is 0 Å². The Bertz CT molecular complexity index is 381. The Kier molecular flexibility index (Phi) is 5.10. The van der Waals surface area contributed by atoms with Crippen LogP contribution in [0.3, 0.4) is 0 Å². The molecule has 1 aromatic heterocycles. The second-order valence-corrected chi connectivity index (χ2v) is 6.91. The molecule has 2 aliphatic heterocycles. The molecular formula is C16H26N2OS. The van der Waals surface area contributed by atoms with E-state index in [0.29, 0.717) is 0 Å². The number of piperidine rings is 1. The van der Waals surface area contributed by atoms with E-state index in [1.807, 2.05) is 11.3 Å². The van der Waals surface area contributed by atoms with Crippen molar-refractivity contribution in [2.75, 3.05) is 39.4 Å². The van der Waals surface area contributed by atoms with E-state index in [4.69, 9.17) is 4.74 Å². The van der Waals surface area contributed by atoms with Crippen molar-refractivity contribution in [2.24, 2.45) is 5.92 Å². The Morgan fingerprint density at radius 1 is 1.25 bits per heavy atom. The van der Waals surface area contributed by atoms with Crippen LogP contribution in [-0.2, 0) is 11.3 Å². The summed E-state index contributed by atoms with van der Waals surface area (Å²) in [6, 6.07) is 2.98. The van der Waals surface area contributed by atoms with Crippen molar-refractivity contribution in [3.8, 4) is 0 Å². The quantitative estimate of drug-likeness (QED) is 0.849. The van der Waals surface area contributed by atoms with Crippen LogP contribution in [0.2, 0.25) is 0 Å². The van der Waals surface area contributed by atoms with E-state index < -0.39 is 0 Å². The summed E-state index contributed by atoms with van der Waals surface area (Å²) < 4.78 is 5.46. The van der Waals surface area contributed by atoms with Crippen molar-refractivity contribution in [3.05, 3.63) is 22.4 Å². The number of hydrogen-bond acceptors (Lipinski definition) is 4. The van der Waals surface area contributed by atoms with E-state index in [0.717, 1.165) is 44.8 Å². The molecule has 0 aliphatic carbocycles. The van der Waals surface area contributed by atoms with Gasteiger partial charge in [0.1, 0.15) is 0 Å². The molecule has 0 aromatic carbocycles. The molecule has 2 aliphatic rings. The molecule has 0 radical (unpaired) electrons. The van der Waals surface area contributed by atoms with Gasteiger partial charge in [-0.3, -0.25) is 9.80 Å². The normalized spacial score (nSPS) is 24.9. The summed E-state index contributed by atoms with van der Waals surface area (Å²) in [5, 5.41) is 4.46. The van der Waals surface area contributed by atoms with Gasteiger partial charge in [-0.25, -0.2) is 0 Å². The van der Waals surface area contributed by atoms with E-state index in [9.17, 15) is 0 Å². The summed E-state index contributed by atoms with van der Waals surface area (Å²) >= 11 is 1.81. The molecule has 4 heteroatoms. The number of morpholine rings is 1. The first-order valence-corrected chi connectivity index (χ1v) is 8.82. The summed E-state index contributed by atoms with van der Waals surface area (Å²) in [7, 11) is 0. The fraction of sp³-hybridized carbons (Fsp3) is 0.750. The zero-order valence-electron chi connectivity index (χ0n) is 12.5. The van der Waals surface area contributed by atoms with Gasteiger partial charge in [-0.15, -0.1) is 0 Å². The van der Waals surface area contributed by atoms with Gasteiger partial charge in [-0.05, 0) is 61.2 Å². The summed E-state index contributed by atoms with van der Waals surface area (Å²) in [6.45, 7) is 10.2. The Morgan fingerprint density at radius 3 is 2.65 bits per heavy atom. The highest BCUT2D eigenvalue weighted by Gasteiger charge is 2.28. The SMILES string of the molecule is CC(C1CCN(Cc2ccsc2)CC1)N1CCOCC1. The van der Waals surface area contributed by atoms with Crippen LogP contribution in [-0.4, -0.2) is 55.2 Å². The minimum atomic E-state index is 0.724. The van der Waals surface area contributed by atoms with Crippen molar-refractivity contribution in [3.63, 3.8) is 0 Å². The second kappa shape index (κ2) is 7.03. The lowest BCUT2D eigenvalue weighted by molar-refractivity contribution is -0.00191. The highest BCUT2D eigenvalue weighted by molar-refractivity contribution is 7.07. The molecule has 1 atom stereocenters. The zero-order valence-corrected chi connectivity index (χ0v) is 13.3. The largest absolute Gasteiger partial charge is 0.379 e. The maximum absolute atomic E-state index is 5.46.